The van der Waals surface area contributed by atoms with Crippen LogP contribution in [0.4, 0.5) is 0 Å². The summed E-state index contributed by atoms with van der Waals surface area (Å²) in [5, 5.41) is 38.4. The highest BCUT2D eigenvalue weighted by Crippen LogP contribution is 2.21. The molecule has 6 unspecified atom stereocenters. The number of hydrogen-bond acceptors (Lipinski definition) is 5. The summed E-state index contributed by atoms with van der Waals surface area (Å²) in [5.74, 6) is 0. The van der Waals surface area contributed by atoms with E-state index in [1.807, 2.05) is 27.7 Å². The van der Waals surface area contributed by atoms with Crippen molar-refractivity contribution in [2.75, 3.05) is 0 Å². The second-order valence-electron chi connectivity index (χ2n) is 9.23. The van der Waals surface area contributed by atoms with Gasteiger partial charge in [-0.3, -0.25) is 0 Å². The summed E-state index contributed by atoms with van der Waals surface area (Å²) in [6.07, 6.45) is 12.5. The first-order chi connectivity index (χ1) is 13.7. The Morgan fingerprint density at radius 3 is 1.03 bits per heavy atom. The monoisotopic (exact) mass is 418 g/mol. The molecule has 6 atom stereocenters. The lowest BCUT2D eigenvalue weighted by atomic mass is 10.0. The van der Waals surface area contributed by atoms with E-state index in [9.17, 15) is 20.4 Å². The first-order valence-electron chi connectivity index (χ1n) is 12.1. The van der Waals surface area contributed by atoms with Gasteiger partial charge in [-0.15, -0.1) is 0 Å². The van der Waals surface area contributed by atoms with Crippen LogP contribution in [0.15, 0.2) is 0 Å². The molecule has 0 saturated carbocycles. The normalized spacial score (nSPS) is 18.2. The molecule has 0 amide bonds. The van der Waals surface area contributed by atoms with Gasteiger partial charge in [0.2, 0.25) is 0 Å². The first kappa shape index (κ1) is 28.8. The van der Waals surface area contributed by atoms with Crippen LogP contribution >= 0.6 is 0 Å². The van der Waals surface area contributed by atoms with Crippen LogP contribution in [-0.4, -0.2) is 57.0 Å². The molecule has 0 aromatic heterocycles. The molecule has 0 radical (unpaired) electrons. The van der Waals surface area contributed by atoms with Gasteiger partial charge in [0.1, 0.15) is 0 Å². The lowest BCUT2D eigenvalue weighted by Gasteiger charge is -2.27. The van der Waals surface area contributed by atoms with Crippen molar-refractivity contribution >= 4 is 0 Å². The Labute approximate surface area is 179 Å². The average Bonchev–Trinajstić information content (AvgIpc) is 2.59. The van der Waals surface area contributed by atoms with E-state index in [0.29, 0.717) is 12.8 Å². The molecule has 0 aromatic rings. The summed E-state index contributed by atoms with van der Waals surface area (Å²) in [4.78, 5) is 0. The summed E-state index contributed by atoms with van der Waals surface area (Å²) in [6.45, 7) is 7.29. The van der Waals surface area contributed by atoms with Crippen LogP contribution in [0.25, 0.3) is 0 Å². The third-order valence-corrected chi connectivity index (χ3v) is 5.39. The van der Waals surface area contributed by atoms with Gasteiger partial charge in [-0.05, 0) is 66.2 Å². The van der Waals surface area contributed by atoms with E-state index in [1.165, 1.54) is 0 Å². The molecule has 5 nitrogen and oxygen atoms in total. The predicted molar refractivity (Wildman–Crippen MR) is 120 cm³/mol. The molecule has 0 heterocycles. The maximum atomic E-state index is 9.86. The van der Waals surface area contributed by atoms with Crippen molar-refractivity contribution < 1.29 is 25.2 Å². The van der Waals surface area contributed by atoms with E-state index >= 15 is 0 Å². The number of ether oxygens (including phenoxy) is 1. The van der Waals surface area contributed by atoms with Crippen LogP contribution in [0.3, 0.4) is 0 Å². The van der Waals surface area contributed by atoms with Gasteiger partial charge in [-0.1, -0.05) is 51.4 Å². The molecule has 0 bridgehead atoms. The molecule has 0 aliphatic carbocycles. The standard InChI is InChI=1S/C24H50O5/c1-19(25)13-9-5-7-11-15-23(17-21(3)27)29-24(18-22(4)28)16-12-8-6-10-14-20(2)26/h19-28H,5-18H2,1-4H3. The lowest BCUT2D eigenvalue weighted by Crippen LogP contribution is -2.28. The van der Waals surface area contributed by atoms with Crippen LogP contribution in [0.2, 0.25) is 0 Å². The van der Waals surface area contributed by atoms with Gasteiger partial charge >= 0.3 is 0 Å². The molecule has 0 fully saturated rings. The summed E-state index contributed by atoms with van der Waals surface area (Å²) in [6, 6.07) is 0. The van der Waals surface area contributed by atoms with Gasteiger partial charge in [-0.2, -0.15) is 0 Å². The second-order valence-corrected chi connectivity index (χ2v) is 9.23. The fourth-order valence-electron chi connectivity index (χ4n) is 3.85. The number of rotatable bonds is 20. The molecule has 0 aromatic carbocycles. The van der Waals surface area contributed by atoms with Gasteiger partial charge in [0.05, 0.1) is 36.6 Å². The third-order valence-electron chi connectivity index (χ3n) is 5.39. The summed E-state index contributed by atoms with van der Waals surface area (Å²) in [5.41, 5.74) is 0. The Kier molecular flexibility index (Phi) is 18.4. The minimum Gasteiger partial charge on any atom is -0.393 e. The number of aliphatic hydroxyl groups excluding tert-OH is 4. The largest absolute Gasteiger partial charge is 0.393 e. The van der Waals surface area contributed by atoms with Crippen molar-refractivity contribution in [3.05, 3.63) is 0 Å². The smallest absolute Gasteiger partial charge is 0.0603 e. The minimum atomic E-state index is -0.386. The molecule has 0 spiro atoms. The summed E-state index contributed by atoms with van der Waals surface area (Å²) in [7, 11) is 0. The van der Waals surface area contributed by atoms with Crippen molar-refractivity contribution in [1.29, 1.82) is 0 Å². The molecular weight excluding hydrogens is 368 g/mol. The molecular formula is C24H50O5. The van der Waals surface area contributed by atoms with Crippen molar-refractivity contribution in [3.63, 3.8) is 0 Å². The third kappa shape index (κ3) is 20.8. The molecule has 0 rings (SSSR count). The molecule has 29 heavy (non-hydrogen) atoms. The fourth-order valence-corrected chi connectivity index (χ4v) is 3.85. The Morgan fingerprint density at radius 2 is 0.759 bits per heavy atom. The van der Waals surface area contributed by atoms with E-state index in [-0.39, 0.29) is 36.6 Å². The van der Waals surface area contributed by atoms with Crippen molar-refractivity contribution in [3.8, 4) is 0 Å². The predicted octanol–water partition coefficient (Wildman–Crippen LogP) is 4.72. The Morgan fingerprint density at radius 1 is 0.448 bits per heavy atom. The second kappa shape index (κ2) is 18.6. The van der Waals surface area contributed by atoms with Crippen molar-refractivity contribution in [2.45, 2.75) is 154 Å². The molecule has 0 saturated heterocycles. The van der Waals surface area contributed by atoms with Gasteiger partial charge in [0.15, 0.2) is 0 Å². The lowest BCUT2D eigenvalue weighted by molar-refractivity contribution is -0.0583. The van der Waals surface area contributed by atoms with Crippen LogP contribution in [0.5, 0.6) is 0 Å². The maximum absolute atomic E-state index is 9.86. The zero-order valence-corrected chi connectivity index (χ0v) is 19.6. The SMILES string of the molecule is CC(O)CCCCCCC(CC(C)O)OC(CCCCCCC(C)O)CC(C)O. The van der Waals surface area contributed by atoms with E-state index in [4.69, 9.17) is 4.74 Å². The number of aliphatic hydroxyl groups is 4. The molecule has 5 heteroatoms. The Hall–Kier alpha value is -0.200. The average molecular weight is 419 g/mol. The quantitative estimate of drug-likeness (QED) is 0.215. The summed E-state index contributed by atoms with van der Waals surface area (Å²) >= 11 is 0. The number of unbranched alkanes of at least 4 members (excludes halogenated alkanes) is 6. The minimum absolute atomic E-state index is 0.0331. The first-order valence-corrected chi connectivity index (χ1v) is 12.1. The van der Waals surface area contributed by atoms with Crippen LogP contribution in [0, 0.1) is 0 Å². The zero-order valence-electron chi connectivity index (χ0n) is 19.6. The fraction of sp³-hybridized carbons (Fsp3) is 1.00. The van der Waals surface area contributed by atoms with Gasteiger partial charge in [-0.25, -0.2) is 0 Å². The van der Waals surface area contributed by atoms with E-state index in [1.54, 1.807) is 0 Å². The van der Waals surface area contributed by atoms with E-state index in [2.05, 4.69) is 0 Å². The highest BCUT2D eigenvalue weighted by molar-refractivity contribution is 4.69. The van der Waals surface area contributed by atoms with Crippen molar-refractivity contribution in [2.24, 2.45) is 0 Å². The zero-order chi connectivity index (χ0) is 22.1. The van der Waals surface area contributed by atoms with Gasteiger partial charge in [0.25, 0.3) is 0 Å². The summed E-state index contributed by atoms with van der Waals surface area (Å²) < 4.78 is 6.36. The van der Waals surface area contributed by atoms with Crippen LogP contribution < -0.4 is 0 Å². The Balaban J connectivity index is 4.32. The molecule has 0 aliphatic rings. The highest BCUT2D eigenvalue weighted by Gasteiger charge is 2.20. The van der Waals surface area contributed by atoms with Crippen LogP contribution in [0.1, 0.15) is 118 Å². The molecule has 4 N–H and O–H groups in total. The molecule has 0 aliphatic heterocycles. The van der Waals surface area contributed by atoms with E-state index < -0.39 is 0 Å². The van der Waals surface area contributed by atoms with Gasteiger partial charge in [0, 0.05) is 0 Å². The Bertz CT molecular complexity index is 312. The maximum Gasteiger partial charge on any atom is 0.0603 e. The topological polar surface area (TPSA) is 90.2 Å². The molecule has 176 valence electrons. The van der Waals surface area contributed by atoms with Gasteiger partial charge < -0.3 is 25.2 Å². The highest BCUT2D eigenvalue weighted by atomic mass is 16.5. The van der Waals surface area contributed by atoms with E-state index in [0.717, 1.165) is 77.0 Å². The number of hydrogen-bond donors (Lipinski definition) is 4. The van der Waals surface area contributed by atoms with Crippen LogP contribution in [-0.2, 0) is 4.74 Å². The van der Waals surface area contributed by atoms with Crippen molar-refractivity contribution in [1.82, 2.24) is 0 Å².